The van der Waals surface area contributed by atoms with Crippen molar-refractivity contribution in [2.75, 3.05) is 0 Å². The number of fused-ring (bicyclic) bond motifs is 1. The molecule has 7 nitrogen and oxygen atoms in total. The molecule has 18 heavy (non-hydrogen) atoms. The molecule has 0 aliphatic carbocycles. The highest BCUT2D eigenvalue weighted by atomic mass is 16.9. The van der Waals surface area contributed by atoms with E-state index in [1.807, 2.05) is 0 Å². The van der Waals surface area contributed by atoms with Gasteiger partial charge in [-0.1, -0.05) is 0 Å². The van der Waals surface area contributed by atoms with E-state index in [-0.39, 0.29) is 12.0 Å². The minimum absolute atomic E-state index is 0.0659. The van der Waals surface area contributed by atoms with E-state index in [1.54, 1.807) is 13.8 Å². The summed E-state index contributed by atoms with van der Waals surface area (Å²) in [6, 6.07) is 1.47. The van der Waals surface area contributed by atoms with Crippen LogP contribution in [0.2, 0.25) is 0 Å². The van der Waals surface area contributed by atoms with Gasteiger partial charge in [0, 0.05) is 5.69 Å². The summed E-state index contributed by atoms with van der Waals surface area (Å²) in [6.45, 7) is 3.51. The zero-order chi connectivity index (χ0) is 12.9. The first-order valence-corrected chi connectivity index (χ1v) is 5.46. The Morgan fingerprint density at radius 1 is 1.50 bits per heavy atom. The minimum atomic E-state index is -1.05. The van der Waals surface area contributed by atoms with E-state index in [1.165, 1.54) is 16.8 Å². The Bertz CT molecular complexity index is 630. The molecule has 94 valence electrons. The van der Waals surface area contributed by atoms with Gasteiger partial charge in [0.1, 0.15) is 0 Å². The van der Waals surface area contributed by atoms with Crippen molar-refractivity contribution in [2.24, 2.45) is 0 Å². The first kappa shape index (κ1) is 11.1. The number of carboxylic acids is 1. The normalized spacial score (nSPS) is 23.0. The molecule has 0 saturated carbocycles. The van der Waals surface area contributed by atoms with Crippen LogP contribution >= 0.6 is 0 Å². The average molecular weight is 249 g/mol. The molecule has 3 heterocycles. The lowest BCUT2D eigenvalue weighted by molar-refractivity contribution is -0.382. The van der Waals surface area contributed by atoms with Crippen molar-refractivity contribution in [3.8, 4) is 0 Å². The molecular formula is C11H11N3O4. The highest BCUT2D eigenvalue weighted by Crippen LogP contribution is 2.33. The van der Waals surface area contributed by atoms with E-state index in [2.05, 4.69) is 10.1 Å². The van der Waals surface area contributed by atoms with Gasteiger partial charge in [-0.15, -0.1) is 0 Å². The predicted molar refractivity (Wildman–Crippen MR) is 59.1 cm³/mol. The van der Waals surface area contributed by atoms with Crippen molar-refractivity contribution >= 4 is 11.6 Å². The number of rotatable bonds is 2. The lowest BCUT2D eigenvalue weighted by atomic mass is 10.2. The Morgan fingerprint density at radius 2 is 2.22 bits per heavy atom. The van der Waals surface area contributed by atoms with E-state index < -0.39 is 12.3 Å². The maximum atomic E-state index is 11.1. The third-order valence-electron chi connectivity index (χ3n) is 2.73. The van der Waals surface area contributed by atoms with Crippen molar-refractivity contribution in [1.82, 2.24) is 14.6 Å². The van der Waals surface area contributed by atoms with Crippen LogP contribution in [-0.4, -0.2) is 32.0 Å². The molecule has 1 N–H and O–H groups in total. The summed E-state index contributed by atoms with van der Waals surface area (Å²) in [6.07, 6.45) is 0.743. The molecule has 1 aliphatic rings. The molecule has 1 aliphatic heterocycles. The lowest BCUT2D eigenvalue weighted by Crippen LogP contribution is -2.31. The van der Waals surface area contributed by atoms with Gasteiger partial charge in [-0.2, -0.15) is 5.10 Å². The van der Waals surface area contributed by atoms with Gasteiger partial charge in [0.05, 0.1) is 11.8 Å². The standard InChI is InChI=1S/C11H11N3O4/c1-5-3-8(10(15)16)14-9(13-5)7(4-12-14)11-17-6(2)18-11/h3-4,6,11H,1-2H3,(H,15,16). The first-order chi connectivity index (χ1) is 8.56. The number of nitrogens with zero attached hydrogens (tertiary/aromatic N) is 3. The smallest absolute Gasteiger partial charge is 0.354 e. The van der Waals surface area contributed by atoms with Gasteiger partial charge >= 0.3 is 5.97 Å². The van der Waals surface area contributed by atoms with Gasteiger partial charge in [-0.05, 0) is 19.9 Å². The van der Waals surface area contributed by atoms with Gasteiger partial charge < -0.3 is 14.6 Å². The van der Waals surface area contributed by atoms with Gasteiger partial charge in [-0.25, -0.2) is 14.3 Å². The maximum absolute atomic E-state index is 11.1. The molecule has 1 fully saturated rings. The third-order valence-corrected chi connectivity index (χ3v) is 2.73. The number of aromatic nitrogens is 3. The minimum Gasteiger partial charge on any atom is -0.477 e. The maximum Gasteiger partial charge on any atom is 0.354 e. The van der Waals surface area contributed by atoms with E-state index in [0.29, 0.717) is 16.9 Å². The third kappa shape index (κ3) is 1.56. The molecule has 7 heteroatoms. The molecule has 3 rings (SSSR count). The summed E-state index contributed by atoms with van der Waals surface area (Å²) in [7, 11) is 0. The zero-order valence-corrected chi connectivity index (χ0v) is 9.82. The van der Waals surface area contributed by atoms with E-state index in [4.69, 9.17) is 14.6 Å². The van der Waals surface area contributed by atoms with Crippen LogP contribution in [-0.2, 0) is 9.47 Å². The average Bonchev–Trinajstić information content (AvgIpc) is 2.66. The fraction of sp³-hybridized carbons (Fsp3) is 0.364. The molecule has 0 amide bonds. The molecule has 2 aromatic rings. The zero-order valence-electron chi connectivity index (χ0n) is 9.82. The molecular weight excluding hydrogens is 238 g/mol. The van der Waals surface area contributed by atoms with Gasteiger partial charge in [-0.3, -0.25) is 0 Å². The van der Waals surface area contributed by atoms with Gasteiger partial charge in [0.2, 0.25) is 0 Å². The molecule has 2 aromatic heterocycles. The monoisotopic (exact) mass is 249 g/mol. The summed E-state index contributed by atoms with van der Waals surface area (Å²) in [4.78, 5) is 15.4. The van der Waals surface area contributed by atoms with Crippen LogP contribution in [0, 0.1) is 6.92 Å². The Kier molecular flexibility index (Phi) is 2.32. The lowest BCUT2D eigenvalue weighted by Gasteiger charge is -2.32. The SMILES string of the molecule is Cc1cc(C(=O)O)n2ncc(C3OC(C)O3)c2n1. The Labute approximate surface area is 102 Å². The number of carboxylic acid groups (broad SMARTS) is 1. The fourth-order valence-corrected chi connectivity index (χ4v) is 1.92. The quantitative estimate of drug-likeness (QED) is 0.858. The summed E-state index contributed by atoms with van der Waals surface area (Å²) < 4.78 is 12.0. The second kappa shape index (κ2) is 3.76. The molecule has 0 spiro atoms. The number of hydrogen-bond donors (Lipinski definition) is 1. The van der Waals surface area contributed by atoms with Crippen LogP contribution in [0.1, 0.15) is 35.0 Å². The summed E-state index contributed by atoms with van der Waals surface area (Å²) in [5.74, 6) is -1.05. The molecule has 0 atom stereocenters. The topological polar surface area (TPSA) is 86.0 Å². The second-order valence-electron chi connectivity index (χ2n) is 4.09. The Balaban J connectivity index is 2.16. The van der Waals surface area contributed by atoms with E-state index in [9.17, 15) is 4.79 Å². The van der Waals surface area contributed by atoms with Crippen LogP contribution in [0.3, 0.4) is 0 Å². The van der Waals surface area contributed by atoms with Crippen molar-refractivity contribution in [3.05, 3.63) is 29.2 Å². The molecule has 0 unspecified atom stereocenters. The van der Waals surface area contributed by atoms with Crippen LogP contribution in [0.25, 0.3) is 5.65 Å². The molecule has 1 saturated heterocycles. The van der Waals surface area contributed by atoms with Gasteiger partial charge in [0.15, 0.2) is 23.9 Å². The molecule has 0 bridgehead atoms. The van der Waals surface area contributed by atoms with Crippen LogP contribution in [0.5, 0.6) is 0 Å². The highest BCUT2D eigenvalue weighted by molar-refractivity contribution is 5.86. The summed E-state index contributed by atoms with van der Waals surface area (Å²) in [5.41, 5.74) is 1.76. The number of hydrogen-bond acceptors (Lipinski definition) is 5. The number of aromatic carboxylic acids is 1. The van der Waals surface area contributed by atoms with Crippen molar-refractivity contribution < 1.29 is 19.4 Å². The highest BCUT2D eigenvalue weighted by Gasteiger charge is 2.32. The Hall–Kier alpha value is -1.99. The number of ether oxygens (including phenoxy) is 2. The summed E-state index contributed by atoms with van der Waals surface area (Å²) >= 11 is 0. The second-order valence-corrected chi connectivity index (χ2v) is 4.09. The number of aryl methyl sites for hydroxylation is 1. The van der Waals surface area contributed by atoms with Crippen molar-refractivity contribution in [3.63, 3.8) is 0 Å². The van der Waals surface area contributed by atoms with Crippen molar-refractivity contribution in [2.45, 2.75) is 26.4 Å². The summed E-state index contributed by atoms with van der Waals surface area (Å²) in [5, 5.41) is 13.1. The first-order valence-electron chi connectivity index (χ1n) is 5.46. The fourth-order valence-electron chi connectivity index (χ4n) is 1.92. The van der Waals surface area contributed by atoms with Crippen LogP contribution in [0.15, 0.2) is 12.3 Å². The van der Waals surface area contributed by atoms with E-state index >= 15 is 0 Å². The van der Waals surface area contributed by atoms with Gasteiger partial charge in [0.25, 0.3) is 0 Å². The predicted octanol–water partition coefficient (Wildman–Crippen LogP) is 1.13. The molecule has 0 aromatic carbocycles. The van der Waals surface area contributed by atoms with Crippen molar-refractivity contribution in [1.29, 1.82) is 0 Å². The van der Waals surface area contributed by atoms with E-state index in [0.717, 1.165) is 0 Å². The molecule has 0 radical (unpaired) electrons. The van der Waals surface area contributed by atoms with Crippen LogP contribution in [0.4, 0.5) is 0 Å². The number of carbonyl (C=O) groups is 1. The van der Waals surface area contributed by atoms with Crippen LogP contribution < -0.4 is 0 Å². The largest absolute Gasteiger partial charge is 0.477 e. The Morgan fingerprint density at radius 3 is 2.83 bits per heavy atom.